The van der Waals surface area contributed by atoms with Crippen LogP contribution in [0.2, 0.25) is 0 Å². The van der Waals surface area contributed by atoms with Gasteiger partial charge in [0.05, 0.1) is 23.9 Å². The number of hydrogen-bond donors (Lipinski definition) is 1. The third-order valence-corrected chi connectivity index (χ3v) is 4.87. The van der Waals surface area contributed by atoms with E-state index in [9.17, 15) is 4.79 Å². The van der Waals surface area contributed by atoms with Gasteiger partial charge in [0.15, 0.2) is 0 Å². The monoisotopic (exact) mass is 341 g/mol. The van der Waals surface area contributed by atoms with E-state index in [1.165, 1.54) is 5.56 Å². The molecule has 1 aliphatic rings. The minimum Gasteiger partial charge on any atom is -0.334 e. The molecule has 1 amide bonds. The second-order valence-electron chi connectivity index (χ2n) is 7.16. The van der Waals surface area contributed by atoms with Crippen molar-refractivity contribution in [3.05, 3.63) is 46.5 Å². The van der Waals surface area contributed by atoms with Crippen LogP contribution in [0.1, 0.15) is 47.1 Å². The molecule has 134 valence electrons. The van der Waals surface area contributed by atoms with Crippen LogP contribution in [0.25, 0.3) is 0 Å². The molecule has 2 aromatic heterocycles. The molecule has 6 heteroatoms. The first-order valence-corrected chi connectivity index (χ1v) is 8.85. The molecule has 25 heavy (non-hydrogen) atoms. The molecule has 1 saturated heterocycles. The zero-order chi connectivity index (χ0) is 18.0. The summed E-state index contributed by atoms with van der Waals surface area (Å²) in [5.41, 5.74) is 5.09. The molecule has 1 N–H and O–H groups in total. The third-order valence-electron chi connectivity index (χ3n) is 4.87. The Kier molecular flexibility index (Phi) is 5.18. The predicted molar refractivity (Wildman–Crippen MR) is 97.1 cm³/mol. The predicted octanol–water partition coefficient (Wildman–Crippen LogP) is 2.39. The molecule has 0 radical (unpaired) electrons. The van der Waals surface area contributed by atoms with Crippen LogP contribution >= 0.6 is 0 Å². The highest BCUT2D eigenvalue weighted by molar-refractivity contribution is 5.80. The molecule has 0 saturated carbocycles. The first-order valence-electron chi connectivity index (χ1n) is 8.85. The van der Waals surface area contributed by atoms with E-state index in [4.69, 9.17) is 0 Å². The normalized spacial score (nSPS) is 17.5. The number of carbonyl (C=O) groups excluding carboxylic acids is 1. The molecule has 0 unspecified atom stereocenters. The number of carbonyl (C=O) groups is 1. The fourth-order valence-corrected chi connectivity index (χ4v) is 3.55. The lowest BCUT2D eigenvalue weighted by Gasteiger charge is -2.24. The molecule has 3 rings (SSSR count). The number of amides is 1. The smallest absolute Gasteiger partial charge is 0.227 e. The SMILES string of the molecule is Cc1n[nH]c(C)c1CC(=O)N1CCC[C@H]1c1ccc(CN(C)C)cn1. The largest absolute Gasteiger partial charge is 0.334 e. The fourth-order valence-electron chi connectivity index (χ4n) is 3.55. The van der Waals surface area contributed by atoms with Crippen LogP contribution < -0.4 is 0 Å². The fraction of sp³-hybridized carbons (Fsp3) is 0.526. The zero-order valence-electron chi connectivity index (χ0n) is 15.5. The van der Waals surface area contributed by atoms with Gasteiger partial charge in [-0.1, -0.05) is 6.07 Å². The van der Waals surface area contributed by atoms with Crippen LogP contribution in [0.15, 0.2) is 18.3 Å². The molecule has 0 spiro atoms. The lowest BCUT2D eigenvalue weighted by atomic mass is 10.1. The number of aromatic nitrogens is 3. The van der Waals surface area contributed by atoms with Crippen molar-refractivity contribution < 1.29 is 4.79 Å². The van der Waals surface area contributed by atoms with Crippen LogP contribution in [0.5, 0.6) is 0 Å². The van der Waals surface area contributed by atoms with E-state index >= 15 is 0 Å². The quantitative estimate of drug-likeness (QED) is 0.907. The number of aromatic amines is 1. The van der Waals surface area contributed by atoms with Crippen molar-refractivity contribution in [2.75, 3.05) is 20.6 Å². The van der Waals surface area contributed by atoms with Crippen molar-refractivity contribution in [1.82, 2.24) is 25.0 Å². The Morgan fingerprint density at radius 1 is 1.36 bits per heavy atom. The van der Waals surface area contributed by atoms with Gasteiger partial charge >= 0.3 is 0 Å². The van der Waals surface area contributed by atoms with Crippen molar-refractivity contribution in [3.63, 3.8) is 0 Å². The number of hydrogen-bond acceptors (Lipinski definition) is 4. The summed E-state index contributed by atoms with van der Waals surface area (Å²) in [6.07, 6.45) is 4.35. The standard InChI is InChI=1S/C19H27N5O/c1-13-16(14(2)22-21-13)10-19(25)24-9-5-6-18(24)17-8-7-15(11-20-17)12-23(3)4/h7-8,11,18H,5-6,9-10,12H2,1-4H3,(H,21,22)/t18-/m0/s1. The number of nitrogens with one attached hydrogen (secondary N) is 1. The summed E-state index contributed by atoms with van der Waals surface area (Å²) in [5.74, 6) is 0.161. The van der Waals surface area contributed by atoms with E-state index < -0.39 is 0 Å². The first-order chi connectivity index (χ1) is 12.0. The molecule has 3 heterocycles. The summed E-state index contributed by atoms with van der Waals surface area (Å²) >= 11 is 0. The number of nitrogens with zero attached hydrogens (tertiary/aromatic N) is 4. The van der Waals surface area contributed by atoms with Gasteiger partial charge in [-0.15, -0.1) is 0 Å². The molecule has 1 atom stereocenters. The van der Waals surface area contributed by atoms with Crippen molar-refractivity contribution in [1.29, 1.82) is 0 Å². The van der Waals surface area contributed by atoms with Crippen molar-refractivity contribution >= 4 is 5.91 Å². The van der Waals surface area contributed by atoms with Crippen LogP contribution in [-0.4, -0.2) is 51.5 Å². The van der Waals surface area contributed by atoms with Gasteiger partial charge in [-0.2, -0.15) is 5.10 Å². The van der Waals surface area contributed by atoms with Crippen LogP contribution in [0, 0.1) is 13.8 Å². The summed E-state index contributed by atoms with van der Waals surface area (Å²) in [6, 6.07) is 4.28. The van der Waals surface area contributed by atoms with Crippen molar-refractivity contribution in [2.24, 2.45) is 0 Å². The van der Waals surface area contributed by atoms with Gasteiger partial charge in [-0.3, -0.25) is 14.9 Å². The molecule has 6 nitrogen and oxygen atoms in total. The Hall–Kier alpha value is -2.21. The molecule has 0 aliphatic carbocycles. The Balaban J connectivity index is 1.72. The van der Waals surface area contributed by atoms with E-state index in [0.717, 1.165) is 48.6 Å². The summed E-state index contributed by atoms with van der Waals surface area (Å²) in [7, 11) is 4.09. The second kappa shape index (κ2) is 7.35. The van der Waals surface area contributed by atoms with Gasteiger partial charge in [0.1, 0.15) is 0 Å². The molecule has 2 aromatic rings. The van der Waals surface area contributed by atoms with Gasteiger partial charge < -0.3 is 9.80 Å². The lowest BCUT2D eigenvalue weighted by Crippen LogP contribution is -2.32. The Labute approximate surface area is 149 Å². The topological polar surface area (TPSA) is 65.1 Å². The van der Waals surface area contributed by atoms with E-state index in [0.29, 0.717) is 6.42 Å². The van der Waals surface area contributed by atoms with E-state index in [2.05, 4.69) is 32.2 Å². The third kappa shape index (κ3) is 3.90. The minimum atomic E-state index is 0.0911. The molecule has 0 bridgehead atoms. The van der Waals surface area contributed by atoms with Gasteiger partial charge in [-0.25, -0.2) is 0 Å². The Morgan fingerprint density at radius 2 is 2.16 bits per heavy atom. The zero-order valence-corrected chi connectivity index (χ0v) is 15.5. The minimum absolute atomic E-state index is 0.0911. The number of rotatable bonds is 5. The number of H-pyrrole nitrogens is 1. The molecular weight excluding hydrogens is 314 g/mol. The maximum absolute atomic E-state index is 12.9. The van der Waals surface area contributed by atoms with E-state index in [1.807, 2.05) is 39.0 Å². The highest BCUT2D eigenvalue weighted by atomic mass is 16.2. The average molecular weight is 341 g/mol. The van der Waals surface area contributed by atoms with Gasteiger partial charge in [0, 0.05) is 30.5 Å². The van der Waals surface area contributed by atoms with Gasteiger partial charge in [0.25, 0.3) is 0 Å². The van der Waals surface area contributed by atoms with Crippen molar-refractivity contribution in [3.8, 4) is 0 Å². The second-order valence-corrected chi connectivity index (χ2v) is 7.16. The first kappa shape index (κ1) is 17.6. The van der Waals surface area contributed by atoms with Crippen molar-refractivity contribution in [2.45, 2.75) is 45.7 Å². The summed E-state index contributed by atoms with van der Waals surface area (Å²) in [4.78, 5) is 21.6. The van der Waals surface area contributed by atoms with E-state index in [-0.39, 0.29) is 11.9 Å². The Bertz CT molecular complexity index is 715. The van der Waals surface area contributed by atoms with Gasteiger partial charge in [-0.05, 0) is 52.4 Å². The van der Waals surface area contributed by atoms with E-state index in [1.54, 1.807) is 0 Å². The number of aryl methyl sites for hydroxylation is 2. The number of pyridine rings is 1. The molecule has 0 aromatic carbocycles. The molecule has 1 aliphatic heterocycles. The molecular formula is C19H27N5O. The summed E-state index contributed by atoms with van der Waals surface area (Å²) < 4.78 is 0. The van der Waals surface area contributed by atoms with Gasteiger partial charge in [0.2, 0.25) is 5.91 Å². The maximum atomic E-state index is 12.9. The van der Waals surface area contributed by atoms with Crippen LogP contribution in [0.3, 0.4) is 0 Å². The maximum Gasteiger partial charge on any atom is 0.227 e. The van der Waals surface area contributed by atoms with Crippen LogP contribution in [0.4, 0.5) is 0 Å². The summed E-state index contributed by atoms with van der Waals surface area (Å²) in [5, 5.41) is 7.15. The highest BCUT2D eigenvalue weighted by Crippen LogP contribution is 2.31. The Morgan fingerprint density at radius 3 is 2.76 bits per heavy atom. The van der Waals surface area contributed by atoms with Crippen LogP contribution in [-0.2, 0) is 17.8 Å². The molecule has 1 fully saturated rings. The lowest BCUT2D eigenvalue weighted by molar-refractivity contribution is -0.131. The number of likely N-dealkylation sites (tertiary alicyclic amines) is 1. The average Bonchev–Trinajstić information content (AvgIpc) is 3.17. The summed E-state index contributed by atoms with van der Waals surface area (Å²) in [6.45, 7) is 5.59. The highest BCUT2D eigenvalue weighted by Gasteiger charge is 2.31.